The summed E-state index contributed by atoms with van der Waals surface area (Å²) in [4.78, 5) is 51.2. The average Bonchev–Trinajstić information content (AvgIpc) is 3.22. The van der Waals surface area contributed by atoms with E-state index in [9.17, 15) is 19.2 Å². The van der Waals surface area contributed by atoms with Gasteiger partial charge in [-0.05, 0) is 73.4 Å². The van der Waals surface area contributed by atoms with Crippen molar-refractivity contribution in [1.82, 2.24) is 15.5 Å². The highest BCUT2D eigenvalue weighted by molar-refractivity contribution is 7.99. The summed E-state index contributed by atoms with van der Waals surface area (Å²) in [5, 5.41) is 8.66. The van der Waals surface area contributed by atoms with E-state index in [2.05, 4.69) is 22.0 Å². The fourth-order valence-corrected chi connectivity index (χ4v) is 5.97. The smallest absolute Gasteiger partial charge is 0.319 e. The number of carbonyl (C=O) groups excluding carboxylic acids is 4. The number of hydrogen-bond donors (Lipinski definition) is 3. The molecule has 1 unspecified atom stereocenters. The largest absolute Gasteiger partial charge is 0.338 e. The van der Waals surface area contributed by atoms with E-state index in [4.69, 9.17) is 11.6 Å². The maximum Gasteiger partial charge on any atom is 0.319 e. The van der Waals surface area contributed by atoms with Crippen LogP contribution in [-0.4, -0.2) is 47.0 Å². The first-order chi connectivity index (χ1) is 18.8. The highest BCUT2D eigenvalue weighted by Crippen LogP contribution is 2.31. The Morgan fingerprint density at radius 3 is 2.59 bits per heavy atom. The molecule has 0 saturated carbocycles. The maximum atomic E-state index is 12.8. The Labute approximate surface area is 238 Å². The molecule has 2 aromatic rings. The Hall–Kier alpha value is -3.04. The predicted octanol–water partition coefficient (Wildman–Crippen LogP) is 5.66. The molecule has 1 saturated heterocycles. The fraction of sp³-hybridized carbons (Fsp3) is 0.448. The summed E-state index contributed by atoms with van der Waals surface area (Å²) in [6.07, 6.45) is 7.22. The van der Waals surface area contributed by atoms with Gasteiger partial charge in [-0.1, -0.05) is 43.4 Å². The Balaban J connectivity index is 1.06. The Kier molecular flexibility index (Phi) is 10.3. The molecule has 2 aliphatic heterocycles. The number of nitrogens with one attached hydrogen (secondary N) is 3. The zero-order valence-corrected chi connectivity index (χ0v) is 23.8. The van der Waals surface area contributed by atoms with Gasteiger partial charge in [-0.25, -0.2) is 4.79 Å². The molecule has 8 nitrogen and oxygen atoms in total. The average molecular weight is 571 g/mol. The zero-order valence-electron chi connectivity index (χ0n) is 22.2. The summed E-state index contributed by atoms with van der Waals surface area (Å²) >= 11 is 7.88. The molecule has 0 aromatic heterocycles. The van der Waals surface area contributed by atoms with Gasteiger partial charge in [0.05, 0.1) is 0 Å². The van der Waals surface area contributed by atoms with Gasteiger partial charge >= 0.3 is 6.03 Å². The minimum Gasteiger partial charge on any atom is -0.338 e. The van der Waals surface area contributed by atoms with Crippen LogP contribution in [0.2, 0.25) is 5.02 Å². The molecule has 0 bridgehead atoms. The van der Waals surface area contributed by atoms with Crippen LogP contribution in [0.25, 0.3) is 0 Å². The number of carbonyl (C=O) groups is 4. The van der Waals surface area contributed by atoms with Crippen LogP contribution in [0.15, 0.2) is 41.3 Å². The molecule has 1 fully saturated rings. The number of piperidine rings is 1. The normalized spacial score (nSPS) is 16.7. The van der Waals surface area contributed by atoms with E-state index in [-0.39, 0.29) is 30.2 Å². The molecular formula is C29H35ClN4O4S. The summed E-state index contributed by atoms with van der Waals surface area (Å²) in [5.41, 5.74) is 3.25. The standard InChI is InChI=1S/C29H35ClN4O4S/c1-19-8-9-21(17-24(19)30)32-29(38)31-14-6-4-2-3-5-7-15-39-22-10-11-23-20(16-22)18-34(28(23)37)25-12-13-26(35)33-27(25)36/h8-11,16-17,25H,2-7,12-15,18H2,1H3,(H2,31,32,38)(H,33,35,36). The van der Waals surface area contributed by atoms with Crippen LogP contribution < -0.4 is 16.0 Å². The Morgan fingerprint density at radius 2 is 1.82 bits per heavy atom. The SMILES string of the molecule is Cc1ccc(NC(=O)NCCCCCCCCSc2ccc3c(c2)CN(C2CCC(=O)NC2=O)C3=O)cc1Cl. The van der Waals surface area contributed by atoms with Crippen molar-refractivity contribution in [3.8, 4) is 0 Å². The molecule has 2 heterocycles. The number of anilines is 1. The molecule has 10 heteroatoms. The van der Waals surface area contributed by atoms with E-state index in [0.717, 1.165) is 60.3 Å². The molecule has 0 spiro atoms. The number of halogens is 1. The van der Waals surface area contributed by atoms with Crippen LogP contribution in [0, 0.1) is 6.92 Å². The minimum absolute atomic E-state index is 0.136. The third kappa shape index (κ3) is 7.99. The molecule has 0 aliphatic carbocycles. The van der Waals surface area contributed by atoms with Crippen LogP contribution in [-0.2, 0) is 16.1 Å². The van der Waals surface area contributed by atoms with Gasteiger partial charge in [0, 0.05) is 40.7 Å². The van der Waals surface area contributed by atoms with E-state index in [1.165, 1.54) is 0 Å². The number of imide groups is 1. The summed E-state index contributed by atoms with van der Waals surface area (Å²) in [5.74, 6) is 0.214. The van der Waals surface area contributed by atoms with Crippen LogP contribution in [0.3, 0.4) is 0 Å². The lowest BCUT2D eigenvalue weighted by atomic mass is 10.0. The first-order valence-corrected chi connectivity index (χ1v) is 14.9. The summed E-state index contributed by atoms with van der Waals surface area (Å²) < 4.78 is 0. The van der Waals surface area contributed by atoms with Gasteiger partial charge in [-0.2, -0.15) is 0 Å². The van der Waals surface area contributed by atoms with E-state index >= 15 is 0 Å². The lowest BCUT2D eigenvalue weighted by molar-refractivity contribution is -0.136. The quantitative estimate of drug-likeness (QED) is 0.173. The van der Waals surface area contributed by atoms with Crippen molar-refractivity contribution in [2.45, 2.75) is 75.8 Å². The third-order valence-corrected chi connectivity index (χ3v) is 8.54. The maximum absolute atomic E-state index is 12.8. The van der Waals surface area contributed by atoms with E-state index in [1.807, 2.05) is 31.2 Å². The second-order valence-electron chi connectivity index (χ2n) is 10.0. The Morgan fingerprint density at radius 1 is 1.05 bits per heavy atom. The zero-order chi connectivity index (χ0) is 27.8. The third-order valence-electron chi connectivity index (χ3n) is 7.05. The van der Waals surface area contributed by atoms with Gasteiger partial charge in [0.25, 0.3) is 5.91 Å². The van der Waals surface area contributed by atoms with E-state index < -0.39 is 6.04 Å². The second-order valence-corrected chi connectivity index (χ2v) is 11.6. The second kappa shape index (κ2) is 13.8. The number of hydrogen-bond acceptors (Lipinski definition) is 5. The summed E-state index contributed by atoms with van der Waals surface area (Å²) in [7, 11) is 0. The molecule has 5 amide bonds. The molecule has 0 radical (unpaired) electrons. The highest BCUT2D eigenvalue weighted by atomic mass is 35.5. The molecule has 39 heavy (non-hydrogen) atoms. The number of rotatable bonds is 12. The van der Waals surface area contributed by atoms with Crippen LogP contribution >= 0.6 is 23.4 Å². The first-order valence-electron chi connectivity index (χ1n) is 13.5. The fourth-order valence-electron chi connectivity index (χ4n) is 4.81. The number of benzene rings is 2. The van der Waals surface area contributed by atoms with Crippen molar-refractivity contribution >= 4 is 52.8 Å². The Bertz CT molecular complexity index is 1240. The van der Waals surface area contributed by atoms with Crippen LogP contribution in [0.5, 0.6) is 0 Å². The molecule has 4 rings (SSSR count). The van der Waals surface area contributed by atoms with Gasteiger partial charge in [0.1, 0.15) is 6.04 Å². The van der Waals surface area contributed by atoms with Gasteiger partial charge < -0.3 is 15.5 Å². The monoisotopic (exact) mass is 570 g/mol. The van der Waals surface area contributed by atoms with Gasteiger partial charge in [-0.3, -0.25) is 19.7 Å². The summed E-state index contributed by atoms with van der Waals surface area (Å²) in [6, 6.07) is 10.6. The first kappa shape index (κ1) is 29.0. The number of urea groups is 1. The minimum atomic E-state index is -0.579. The molecule has 3 N–H and O–H groups in total. The summed E-state index contributed by atoms with van der Waals surface area (Å²) in [6.45, 7) is 2.97. The van der Waals surface area contributed by atoms with Gasteiger partial charge in [-0.15, -0.1) is 11.8 Å². The molecule has 1 atom stereocenters. The molecular weight excluding hydrogens is 536 g/mol. The van der Waals surface area contributed by atoms with Crippen molar-refractivity contribution in [2.24, 2.45) is 0 Å². The van der Waals surface area contributed by atoms with E-state index in [0.29, 0.717) is 35.8 Å². The van der Waals surface area contributed by atoms with Crippen molar-refractivity contribution in [2.75, 3.05) is 17.6 Å². The lowest BCUT2D eigenvalue weighted by Crippen LogP contribution is -2.52. The van der Waals surface area contributed by atoms with Gasteiger partial charge in [0.2, 0.25) is 11.8 Å². The van der Waals surface area contributed by atoms with Crippen LogP contribution in [0.4, 0.5) is 10.5 Å². The van der Waals surface area contributed by atoms with E-state index in [1.54, 1.807) is 22.7 Å². The van der Waals surface area contributed by atoms with Crippen molar-refractivity contribution in [3.05, 3.63) is 58.1 Å². The lowest BCUT2D eigenvalue weighted by Gasteiger charge is -2.29. The number of fused-ring (bicyclic) bond motifs is 1. The van der Waals surface area contributed by atoms with Gasteiger partial charge in [0.15, 0.2) is 0 Å². The number of amides is 5. The molecule has 208 valence electrons. The number of aryl methyl sites for hydroxylation is 1. The molecule has 2 aromatic carbocycles. The van der Waals surface area contributed by atoms with Crippen molar-refractivity contribution in [3.63, 3.8) is 0 Å². The predicted molar refractivity (Wildman–Crippen MR) is 154 cm³/mol. The van der Waals surface area contributed by atoms with Crippen molar-refractivity contribution < 1.29 is 19.2 Å². The number of unbranched alkanes of at least 4 members (excludes halogenated alkanes) is 5. The van der Waals surface area contributed by atoms with Crippen molar-refractivity contribution in [1.29, 1.82) is 0 Å². The topological polar surface area (TPSA) is 108 Å². The number of nitrogens with zero attached hydrogens (tertiary/aromatic N) is 1. The van der Waals surface area contributed by atoms with Crippen LogP contribution in [0.1, 0.15) is 72.9 Å². The number of thioether (sulfide) groups is 1. The molecule has 2 aliphatic rings. The highest BCUT2D eigenvalue weighted by Gasteiger charge is 2.39.